The van der Waals surface area contributed by atoms with Crippen molar-refractivity contribution in [2.45, 2.75) is 6.42 Å². The Hall–Kier alpha value is -0.180. The van der Waals surface area contributed by atoms with Crippen LogP contribution in [0.15, 0.2) is 0 Å². The van der Waals surface area contributed by atoms with Gasteiger partial charge in [-0.05, 0) is 13.0 Å². The fraction of sp³-hybridized carbons (Fsp3) is 1.00. The first kappa shape index (κ1) is 7.82. The first-order valence-corrected chi connectivity index (χ1v) is 2.67. The topological polar surface area (TPSA) is 26.0 Å². The van der Waals surface area contributed by atoms with Gasteiger partial charge in [0.05, 0.1) is 13.3 Å². The predicted molar refractivity (Wildman–Crippen MR) is 29.1 cm³/mol. The highest BCUT2D eigenvalue weighted by atomic mass is 19.1. The van der Waals surface area contributed by atoms with E-state index in [0.29, 0.717) is 13.0 Å². The third-order valence-electron chi connectivity index (χ3n) is 1.01. The maximum absolute atomic E-state index is 11.5. The molecule has 0 bridgehead atoms. The second-order valence-corrected chi connectivity index (χ2v) is 1.75. The summed E-state index contributed by atoms with van der Waals surface area (Å²) in [6.45, 7) is -0.806. The van der Waals surface area contributed by atoms with Crippen LogP contribution < -0.4 is 5.73 Å². The fourth-order valence-electron chi connectivity index (χ4n) is 0.431. The lowest BCUT2D eigenvalue weighted by Crippen LogP contribution is -2.11. The molecule has 0 heterocycles. The van der Waals surface area contributed by atoms with Gasteiger partial charge in [-0.1, -0.05) is 0 Å². The van der Waals surface area contributed by atoms with Crippen LogP contribution in [0.25, 0.3) is 0 Å². The molecule has 0 aliphatic rings. The summed E-state index contributed by atoms with van der Waals surface area (Å²) in [6.07, 6.45) is 0.451. The average Bonchev–Trinajstić information content (AvgIpc) is 1.83. The van der Waals surface area contributed by atoms with Gasteiger partial charge in [-0.3, -0.25) is 8.78 Å². The van der Waals surface area contributed by atoms with Gasteiger partial charge >= 0.3 is 0 Å². The van der Waals surface area contributed by atoms with Crippen LogP contribution in [0.5, 0.6) is 0 Å². The summed E-state index contributed by atoms with van der Waals surface area (Å²) in [5.74, 6) is -0.458. The lowest BCUT2D eigenvalue weighted by molar-refractivity contribution is 0.279. The second kappa shape index (κ2) is 4.97. The zero-order chi connectivity index (χ0) is 6.41. The van der Waals surface area contributed by atoms with Crippen molar-refractivity contribution in [3.8, 4) is 0 Å². The molecule has 0 aromatic rings. The number of nitrogens with two attached hydrogens (primary N) is 1. The summed E-state index contributed by atoms with van der Waals surface area (Å²) in [5.41, 5.74) is 5.05. The van der Waals surface area contributed by atoms with E-state index in [1.54, 1.807) is 0 Å². The lowest BCUT2D eigenvalue weighted by Gasteiger charge is -2.03. The van der Waals surface area contributed by atoms with Gasteiger partial charge in [0.1, 0.15) is 0 Å². The van der Waals surface area contributed by atoms with E-state index in [1.807, 2.05) is 0 Å². The van der Waals surface area contributed by atoms with E-state index in [2.05, 4.69) is 0 Å². The van der Waals surface area contributed by atoms with Crippen molar-refractivity contribution in [1.29, 1.82) is 0 Å². The monoisotopic (exact) mass is 123 g/mol. The molecule has 0 aromatic heterocycles. The first-order valence-electron chi connectivity index (χ1n) is 2.67. The van der Waals surface area contributed by atoms with E-state index in [-0.39, 0.29) is 0 Å². The Labute approximate surface area is 47.9 Å². The van der Waals surface area contributed by atoms with Crippen LogP contribution in [-0.4, -0.2) is 19.9 Å². The number of alkyl halides is 2. The molecule has 0 atom stereocenters. The van der Waals surface area contributed by atoms with Gasteiger partial charge in [-0.2, -0.15) is 0 Å². The molecule has 3 heteroatoms. The Balaban J connectivity index is 3.07. The molecule has 0 aromatic carbocycles. The molecule has 0 unspecified atom stereocenters. The molecule has 0 aliphatic heterocycles. The van der Waals surface area contributed by atoms with E-state index in [4.69, 9.17) is 5.73 Å². The Morgan fingerprint density at radius 3 is 1.88 bits per heavy atom. The van der Waals surface area contributed by atoms with E-state index < -0.39 is 19.3 Å². The summed E-state index contributed by atoms with van der Waals surface area (Å²) in [4.78, 5) is 0. The van der Waals surface area contributed by atoms with Gasteiger partial charge < -0.3 is 5.73 Å². The molecule has 0 fully saturated rings. The molecule has 0 rings (SSSR count). The number of rotatable bonds is 4. The van der Waals surface area contributed by atoms with Crippen molar-refractivity contribution in [2.24, 2.45) is 11.7 Å². The highest BCUT2D eigenvalue weighted by Gasteiger charge is 2.04. The molecular formula is C5H11F2N. The Morgan fingerprint density at radius 2 is 1.75 bits per heavy atom. The largest absolute Gasteiger partial charge is 0.330 e. The maximum Gasteiger partial charge on any atom is 0.0948 e. The standard InChI is InChI=1S/C5H11F2N/c6-3-5(4-7)1-2-8/h5H,1-4,8H2. The van der Waals surface area contributed by atoms with Crippen LogP contribution >= 0.6 is 0 Å². The number of hydrogen-bond donors (Lipinski definition) is 1. The quantitative estimate of drug-likeness (QED) is 0.590. The Bertz CT molecular complexity index is 45.7. The molecule has 0 amide bonds. The Kier molecular flexibility index (Phi) is 4.85. The molecule has 0 saturated heterocycles. The van der Waals surface area contributed by atoms with E-state index in [1.165, 1.54) is 0 Å². The van der Waals surface area contributed by atoms with Crippen LogP contribution in [-0.2, 0) is 0 Å². The molecule has 8 heavy (non-hydrogen) atoms. The summed E-state index contributed by atoms with van der Waals surface area (Å²) in [5, 5.41) is 0. The van der Waals surface area contributed by atoms with Gasteiger partial charge in [0.15, 0.2) is 0 Å². The molecule has 0 aliphatic carbocycles. The van der Waals surface area contributed by atoms with Crippen molar-refractivity contribution in [1.82, 2.24) is 0 Å². The van der Waals surface area contributed by atoms with Gasteiger partial charge in [0, 0.05) is 5.92 Å². The summed E-state index contributed by atoms with van der Waals surface area (Å²) in [7, 11) is 0. The Morgan fingerprint density at radius 1 is 1.25 bits per heavy atom. The molecule has 0 saturated carbocycles. The minimum atomic E-state index is -0.590. The van der Waals surface area contributed by atoms with Crippen LogP contribution in [0.1, 0.15) is 6.42 Å². The minimum absolute atomic E-state index is 0.374. The van der Waals surface area contributed by atoms with Crippen LogP contribution in [0.4, 0.5) is 8.78 Å². The highest BCUT2D eigenvalue weighted by molar-refractivity contribution is 4.54. The van der Waals surface area contributed by atoms with E-state index in [0.717, 1.165) is 0 Å². The molecule has 0 spiro atoms. The molecule has 1 nitrogen and oxygen atoms in total. The normalized spacial score (nSPS) is 10.5. The minimum Gasteiger partial charge on any atom is -0.330 e. The summed E-state index contributed by atoms with van der Waals surface area (Å²) in [6, 6.07) is 0. The van der Waals surface area contributed by atoms with Crippen molar-refractivity contribution in [3.05, 3.63) is 0 Å². The average molecular weight is 123 g/mol. The third kappa shape index (κ3) is 2.91. The third-order valence-corrected chi connectivity index (χ3v) is 1.01. The fourth-order valence-corrected chi connectivity index (χ4v) is 0.431. The molecule has 0 radical (unpaired) electrons. The zero-order valence-corrected chi connectivity index (χ0v) is 4.74. The van der Waals surface area contributed by atoms with Gasteiger partial charge in [-0.15, -0.1) is 0 Å². The van der Waals surface area contributed by atoms with Crippen LogP contribution in [0, 0.1) is 5.92 Å². The predicted octanol–water partition coefficient (Wildman–Crippen LogP) is 0.890. The van der Waals surface area contributed by atoms with Crippen LogP contribution in [0.3, 0.4) is 0 Å². The number of hydrogen-bond acceptors (Lipinski definition) is 1. The SMILES string of the molecule is NCCC(CF)CF. The van der Waals surface area contributed by atoms with Crippen LogP contribution in [0.2, 0.25) is 0 Å². The van der Waals surface area contributed by atoms with Crippen molar-refractivity contribution < 1.29 is 8.78 Å². The number of halogens is 2. The zero-order valence-electron chi connectivity index (χ0n) is 4.74. The van der Waals surface area contributed by atoms with E-state index in [9.17, 15) is 8.78 Å². The summed E-state index contributed by atoms with van der Waals surface area (Å²) >= 11 is 0. The second-order valence-electron chi connectivity index (χ2n) is 1.75. The molecule has 50 valence electrons. The van der Waals surface area contributed by atoms with Crippen molar-refractivity contribution in [3.63, 3.8) is 0 Å². The maximum atomic E-state index is 11.5. The van der Waals surface area contributed by atoms with E-state index >= 15 is 0 Å². The van der Waals surface area contributed by atoms with Gasteiger partial charge in [0.25, 0.3) is 0 Å². The van der Waals surface area contributed by atoms with Gasteiger partial charge in [-0.25, -0.2) is 0 Å². The van der Waals surface area contributed by atoms with Crippen molar-refractivity contribution in [2.75, 3.05) is 19.9 Å². The summed E-state index contributed by atoms with van der Waals surface area (Å²) < 4.78 is 23.1. The highest BCUT2D eigenvalue weighted by Crippen LogP contribution is 2.01. The molecular weight excluding hydrogens is 112 g/mol. The first-order chi connectivity index (χ1) is 3.85. The lowest BCUT2D eigenvalue weighted by atomic mass is 10.1. The molecule has 2 N–H and O–H groups in total. The van der Waals surface area contributed by atoms with Crippen molar-refractivity contribution >= 4 is 0 Å². The van der Waals surface area contributed by atoms with Gasteiger partial charge in [0.2, 0.25) is 0 Å². The smallest absolute Gasteiger partial charge is 0.0948 e.